The topological polar surface area (TPSA) is 90.5 Å². The number of nitrogens with one attached hydrogen (secondary N) is 1. The molecule has 1 atom stereocenters. The van der Waals surface area contributed by atoms with Crippen molar-refractivity contribution in [2.45, 2.75) is 17.2 Å². The molecule has 1 heterocycles. The smallest absolute Gasteiger partial charge is 0.234 e. The molecule has 1 unspecified atom stereocenters. The molecule has 1 amide bonds. The molecule has 25 heavy (non-hydrogen) atoms. The fourth-order valence-corrected chi connectivity index (χ4v) is 4.97. The van der Waals surface area contributed by atoms with E-state index in [0.29, 0.717) is 22.2 Å². The van der Waals surface area contributed by atoms with E-state index < -0.39 is 15.2 Å². The molecule has 0 saturated heterocycles. The van der Waals surface area contributed by atoms with Crippen LogP contribution in [-0.2, 0) is 14.6 Å². The maximum atomic E-state index is 13.1. The minimum atomic E-state index is -4.05. The Morgan fingerprint density at radius 1 is 1.20 bits per heavy atom. The average molecular weight is 423 g/mol. The molecule has 0 saturated carbocycles. The second kappa shape index (κ2) is 6.62. The van der Waals surface area contributed by atoms with E-state index in [9.17, 15) is 18.4 Å². The average Bonchev–Trinajstić information content (AvgIpc) is 2.91. The Balaban J connectivity index is 2.30. The molecule has 2 aromatic carbocycles. The van der Waals surface area contributed by atoms with Gasteiger partial charge in [0.05, 0.1) is 4.90 Å². The number of fused-ring (bicyclic) bond motifs is 1. The molecule has 0 aliphatic heterocycles. The molecule has 130 valence electrons. The van der Waals surface area contributed by atoms with Crippen molar-refractivity contribution < 1.29 is 18.4 Å². The van der Waals surface area contributed by atoms with Gasteiger partial charge in [-0.25, -0.2) is 13.5 Å². The van der Waals surface area contributed by atoms with Crippen LogP contribution in [0.5, 0.6) is 0 Å². The number of hydrogen-bond donors (Lipinski definition) is 2. The van der Waals surface area contributed by atoms with Crippen LogP contribution < -0.4 is 0 Å². The van der Waals surface area contributed by atoms with Crippen molar-refractivity contribution in [1.29, 1.82) is 0 Å². The van der Waals surface area contributed by atoms with E-state index in [2.05, 4.69) is 20.9 Å². The number of rotatable bonds is 5. The Morgan fingerprint density at radius 3 is 2.52 bits per heavy atom. The van der Waals surface area contributed by atoms with Gasteiger partial charge in [-0.1, -0.05) is 34.1 Å². The van der Waals surface area contributed by atoms with Crippen LogP contribution >= 0.6 is 15.9 Å². The minimum absolute atomic E-state index is 0.0182. The number of aromatic nitrogens is 1. The fourth-order valence-electron chi connectivity index (χ4n) is 2.86. The number of H-pyrrole nitrogens is 1. The predicted molar refractivity (Wildman–Crippen MR) is 96.8 cm³/mol. The van der Waals surface area contributed by atoms with Gasteiger partial charge in [-0.2, -0.15) is 0 Å². The molecule has 0 bridgehead atoms. The summed E-state index contributed by atoms with van der Waals surface area (Å²) in [6.07, 6.45) is 0.0986. The van der Waals surface area contributed by atoms with Gasteiger partial charge in [0, 0.05) is 26.6 Å². The van der Waals surface area contributed by atoms with Crippen molar-refractivity contribution >= 4 is 43.1 Å². The van der Waals surface area contributed by atoms with Crippen LogP contribution in [0.4, 0.5) is 0 Å². The van der Waals surface area contributed by atoms with Crippen LogP contribution in [0.3, 0.4) is 0 Å². The van der Waals surface area contributed by atoms with E-state index in [-0.39, 0.29) is 16.4 Å². The molecule has 0 spiro atoms. The molecular weight excluding hydrogens is 408 g/mol. The molecule has 0 aliphatic carbocycles. The summed E-state index contributed by atoms with van der Waals surface area (Å²) in [6.45, 7) is 1.70. The molecule has 6 nitrogen and oxygen atoms in total. The number of hydrogen-bond acceptors (Lipinski definition) is 4. The summed E-state index contributed by atoms with van der Waals surface area (Å²) in [5.41, 5.74) is 1.59. The van der Waals surface area contributed by atoms with Crippen molar-refractivity contribution in [3.8, 4) is 0 Å². The van der Waals surface area contributed by atoms with Gasteiger partial charge < -0.3 is 4.98 Å². The number of aromatic amines is 1. The standard InChI is InChI=1S/C17H15BrN2O4S/c1-11-16(14-9-12(18)7-8-15(14)19-11)17(20(22)10-21)25(23,24)13-5-3-2-4-6-13/h2-10,17,19,22H,1H3. The first kappa shape index (κ1) is 17.7. The van der Waals surface area contributed by atoms with E-state index >= 15 is 0 Å². The normalized spacial score (nSPS) is 12.9. The minimum Gasteiger partial charge on any atom is -0.358 e. The summed E-state index contributed by atoms with van der Waals surface area (Å²) < 4.78 is 27.0. The van der Waals surface area contributed by atoms with E-state index in [1.165, 1.54) is 12.1 Å². The van der Waals surface area contributed by atoms with Crippen molar-refractivity contribution in [3.63, 3.8) is 0 Å². The van der Waals surface area contributed by atoms with Crippen LogP contribution in [0.2, 0.25) is 0 Å². The summed E-state index contributed by atoms with van der Waals surface area (Å²) >= 11 is 3.37. The van der Waals surface area contributed by atoms with Crippen LogP contribution in [0.15, 0.2) is 57.9 Å². The number of sulfone groups is 1. The van der Waals surface area contributed by atoms with Gasteiger partial charge in [-0.3, -0.25) is 10.0 Å². The highest BCUT2D eigenvalue weighted by Crippen LogP contribution is 2.38. The Bertz CT molecular complexity index is 1030. The number of hydroxylamine groups is 2. The van der Waals surface area contributed by atoms with Gasteiger partial charge in [-0.05, 0) is 37.3 Å². The van der Waals surface area contributed by atoms with Crippen molar-refractivity contribution in [3.05, 3.63) is 64.3 Å². The third-order valence-electron chi connectivity index (χ3n) is 3.96. The number of nitrogens with zero attached hydrogens (tertiary/aromatic N) is 1. The molecule has 3 aromatic rings. The van der Waals surface area contributed by atoms with Gasteiger partial charge in [0.15, 0.2) is 5.37 Å². The second-order valence-corrected chi connectivity index (χ2v) is 8.47. The maximum Gasteiger partial charge on any atom is 0.234 e. The summed E-state index contributed by atoms with van der Waals surface area (Å²) in [6, 6.07) is 13.1. The zero-order valence-corrected chi connectivity index (χ0v) is 15.6. The highest BCUT2D eigenvalue weighted by Gasteiger charge is 2.37. The Hall–Kier alpha value is -2.16. The number of carbonyl (C=O) groups is 1. The largest absolute Gasteiger partial charge is 0.358 e. The first-order valence-electron chi connectivity index (χ1n) is 7.35. The molecule has 0 radical (unpaired) electrons. The maximum absolute atomic E-state index is 13.1. The number of aryl methyl sites for hydroxylation is 1. The lowest BCUT2D eigenvalue weighted by Crippen LogP contribution is -2.31. The number of amides is 1. The van der Waals surface area contributed by atoms with Gasteiger partial charge in [-0.15, -0.1) is 0 Å². The SMILES string of the molecule is Cc1[nH]c2ccc(Br)cc2c1C(N(O)C=O)S(=O)(=O)c1ccccc1. The number of carbonyl (C=O) groups excluding carboxylic acids is 1. The lowest BCUT2D eigenvalue weighted by atomic mass is 10.1. The number of halogens is 1. The molecule has 2 N–H and O–H groups in total. The Morgan fingerprint density at radius 2 is 1.88 bits per heavy atom. The first-order valence-corrected chi connectivity index (χ1v) is 9.69. The predicted octanol–water partition coefficient (Wildman–Crippen LogP) is 3.56. The van der Waals surface area contributed by atoms with Crippen LogP contribution in [0.1, 0.15) is 16.6 Å². The first-order chi connectivity index (χ1) is 11.9. The lowest BCUT2D eigenvalue weighted by Gasteiger charge is -2.23. The Labute approximate surface area is 153 Å². The quantitative estimate of drug-likeness (QED) is 0.373. The third kappa shape index (κ3) is 3.08. The third-order valence-corrected chi connectivity index (χ3v) is 6.42. The fraction of sp³-hybridized carbons (Fsp3) is 0.118. The molecule has 3 rings (SSSR count). The second-order valence-electron chi connectivity index (χ2n) is 5.55. The highest BCUT2D eigenvalue weighted by atomic mass is 79.9. The molecule has 1 aromatic heterocycles. The molecule has 0 fully saturated rings. The summed E-state index contributed by atoms with van der Waals surface area (Å²) in [7, 11) is -4.05. The van der Waals surface area contributed by atoms with E-state index in [1.54, 1.807) is 37.3 Å². The lowest BCUT2D eigenvalue weighted by molar-refractivity contribution is -0.153. The van der Waals surface area contributed by atoms with Gasteiger partial charge in [0.1, 0.15) is 0 Å². The molecular formula is C17H15BrN2O4S. The van der Waals surface area contributed by atoms with Crippen LogP contribution in [-0.4, -0.2) is 30.1 Å². The van der Waals surface area contributed by atoms with Gasteiger partial charge in [0.25, 0.3) is 0 Å². The summed E-state index contributed by atoms with van der Waals surface area (Å²) in [5, 5.41) is 9.34. The summed E-state index contributed by atoms with van der Waals surface area (Å²) in [5.74, 6) is 0. The molecule has 8 heteroatoms. The Kier molecular flexibility index (Phi) is 4.68. The van der Waals surface area contributed by atoms with Gasteiger partial charge >= 0.3 is 0 Å². The van der Waals surface area contributed by atoms with E-state index in [4.69, 9.17) is 0 Å². The van der Waals surface area contributed by atoms with Crippen molar-refractivity contribution in [2.24, 2.45) is 0 Å². The summed E-state index contributed by atoms with van der Waals surface area (Å²) in [4.78, 5) is 14.3. The van der Waals surface area contributed by atoms with Gasteiger partial charge in [0.2, 0.25) is 16.2 Å². The highest BCUT2D eigenvalue weighted by molar-refractivity contribution is 9.10. The zero-order valence-electron chi connectivity index (χ0n) is 13.2. The van der Waals surface area contributed by atoms with Crippen molar-refractivity contribution in [2.75, 3.05) is 0 Å². The zero-order chi connectivity index (χ0) is 18.2. The number of benzene rings is 2. The molecule has 0 aliphatic rings. The van der Waals surface area contributed by atoms with E-state index in [1.807, 2.05) is 6.07 Å². The van der Waals surface area contributed by atoms with E-state index in [0.717, 1.165) is 4.47 Å². The van der Waals surface area contributed by atoms with Crippen LogP contribution in [0.25, 0.3) is 10.9 Å². The van der Waals surface area contributed by atoms with Crippen molar-refractivity contribution in [1.82, 2.24) is 10.0 Å². The van der Waals surface area contributed by atoms with Crippen LogP contribution in [0, 0.1) is 6.92 Å². The monoisotopic (exact) mass is 422 g/mol.